The number of rotatable bonds is 9. The van der Waals surface area contributed by atoms with E-state index in [9.17, 15) is 9.59 Å². The molecular weight excluding hydrogens is 471 g/mol. The van der Waals surface area contributed by atoms with Crippen LogP contribution < -0.4 is 11.2 Å². The van der Waals surface area contributed by atoms with Crippen molar-refractivity contribution in [1.29, 1.82) is 0 Å². The van der Waals surface area contributed by atoms with E-state index in [1.165, 1.54) is 4.57 Å². The van der Waals surface area contributed by atoms with Crippen molar-refractivity contribution >= 4 is 34.3 Å². The topological polar surface area (TPSA) is 57.1 Å². The molecule has 2 aromatic heterocycles. The minimum atomic E-state index is -0.316. The molecule has 2 heterocycles. The molecular formula is C27H28Cl2N2O3. The molecule has 4 rings (SSSR count). The van der Waals surface area contributed by atoms with E-state index in [0.717, 1.165) is 42.4 Å². The van der Waals surface area contributed by atoms with E-state index < -0.39 is 0 Å². The third-order valence-corrected chi connectivity index (χ3v) is 6.49. The molecule has 0 fully saturated rings. The van der Waals surface area contributed by atoms with Crippen molar-refractivity contribution in [3.63, 3.8) is 0 Å². The van der Waals surface area contributed by atoms with Gasteiger partial charge in [0.15, 0.2) is 0 Å². The molecule has 5 nitrogen and oxygen atoms in total. The van der Waals surface area contributed by atoms with Crippen LogP contribution in [-0.2, 0) is 19.5 Å². The van der Waals surface area contributed by atoms with Crippen LogP contribution in [0.4, 0.5) is 0 Å². The second-order valence-electron chi connectivity index (χ2n) is 8.50. The van der Waals surface area contributed by atoms with Crippen molar-refractivity contribution in [2.75, 3.05) is 0 Å². The number of benzene rings is 2. The van der Waals surface area contributed by atoms with Gasteiger partial charge in [-0.15, -0.1) is 0 Å². The molecule has 2 aromatic carbocycles. The Hall–Kier alpha value is -2.76. The van der Waals surface area contributed by atoms with Crippen LogP contribution in [0.1, 0.15) is 50.7 Å². The third-order valence-electron chi connectivity index (χ3n) is 6.01. The molecule has 0 bridgehead atoms. The highest BCUT2D eigenvalue weighted by atomic mass is 35.5. The maximum absolute atomic E-state index is 13.7. The number of unbranched alkanes of at least 4 members (excludes halogenated alkanes) is 2. The molecule has 0 saturated heterocycles. The van der Waals surface area contributed by atoms with Crippen LogP contribution in [0.25, 0.3) is 22.4 Å². The number of aryl methyl sites for hydroxylation is 1. The number of aromatic nitrogens is 2. The zero-order valence-corrected chi connectivity index (χ0v) is 21.0. The first kappa shape index (κ1) is 24.4. The molecule has 178 valence electrons. The molecule has 0 saturated carbocycles. The molecule has 0 atom stereocenters. The van der Waals surface area contributed by atoms with Crippen LogP contribution in [-0.4, -0.2) is 9.13 Å². The summed E-state index contributed by atoms with van der Waals surface area (Å²) in [6.45, 7) is 4.98. The lowest BCUT2D eigenvalue weighted by Crippen LogP contribution is -2.40. The predicted molar refractivity (Wildman–Crippen MR) is 139 cm³/mol. The fourth-order valence-electron chi connectivity index (χ4n) is 4.18. The summed E-state index contributed by atoms with van der Waals surface area (Å²) in [4.78, 5) is 27.1. The van der Waals surface area contributed by atoms with Crippen LogP contribution in [0.2, 0.25) is 10.0 Å². The average molecular weight is 499 g/mol. The molecule has 0 N–H and O–H groups in total. The highest BCUT2D eigenvalue weighted by molar-refractivity contribution is 6.31. The third kappa shape index (κ3) is 4.86. The maximum atomic E-state index is 13.7. The average Bonchev–Trinajstić information content (AvgIpc) is 3.19. The first-order valence-electron chi connectivity index (χ1n) is 11.7. The van der Waals surface area contributed by atoms with Crippen LogP contribution in [0, 0.1) is 0 Å². The number of halogens is 2. The molecule has 0 aliphatic rings. The van der Waals surface area contributed by atoms with Gasteiger partial charge < -0.3 is 4.42 Å². The summed E-state index contributed by atoms with van der Waals surface area (Å²) in [7, 11) is 0. The van der Waals surface area contributed by atoms with Crippen molar-refractivity contribution in [2.24, 2.45) is 0 Å². The number of furan rings is 1. The second-order valence-corrected chi connectivity index (χ2v) is 9.37. The fourth-order valence-corrected chi connectivity index (χ4v) is 4.50. The molecule has 0 aliphatic carbocycles. The molecule has 7 heteroatoms. The predicted octanol–water partition coefficient (Wildman–Crippen LogP) is 6.92. The van der Waals surface area contributed by atoms with E-state index in [4.69, 9.17) is 27.6 Å². The van der Waals surface area contributed by atoms with E-state index in [1.807, 2.05) is 49.4 Å². The molecule has 0 amide bonds. The molecule has 4 aromatic rings. The largest absolute Gasteiger partial charge is 0.439 e. The summed E-state index contributed by atoms with van der Waals surface area (Å²) in [5.41, 5.74) is 2.21. The summed E-state index contributed by atoms with van der Waals surface area (Å²) in [6, 6.07) is 14.9. The number of hydrogen-bond acceptors (Lipinski definition) is 3. The Bertz CT molecular complexity index is 1420. The second kappa shape index (κ2) is 10.7. The summed E-state index contributed by atoms with van der Waals surface area (Å²) >= 11 is 12.4. The first-order valence-corrected chi connectivity index (χ1v) is 12.5. The molecule has 0 aliphatic heterocycles. The highest BCUT2D eigenvalue weighted by Gasteiger charge is 2.24. The van der Waals surface area contributed by atoms with Crippen molar-refractivity contribution in [3.05, 3.63) is 90.5 Å². The Morgan fingerprint density at radius 1 is 0.853 bits per heavy atom. The summed E-state index contributed by atoms with van der Waals surface area (Å²) in [5, 5.41) is 1.67. The lowest BCUT2D eigenvalue weighted by molar-refractivity contribution is 0.497. The van der Waals surface area contributed by atoms with Gasteiger partial charge in [0.2, 0.25) is 5.71 Å². The quantitative estimate of drug-likeness (QED) is 0.251. The van der Waals surface area contributed by atoms with E-state index >= 15 is 0 Å². The smallest absolute Gasteiger partial charge is 0.333 e. The molecule has 0 spiro atoms. The Morgan fingerprint density at radius 3 is 2.18 bits per heavy atom. The van der Waals surface area contributed by atoms with Gasteiger partial charge in [-0.1, -0.05) is 74.2 Å². The number of nitrogens with zero attached hydrogens (tertiary/aromatic N) is 2. The maximum Gasteiger partial charge on any atom is 0.333 e. The Kier molecular flexibility index (Phi) is 7.64. The van der Waals surface area contributed by atoms with Crippen LogP contribution in [0.15, 0.2) is 62.5 Å². The number of hydrogen-bond donors (Lipinski definition) is 0. The van der Waals surface area contributed by atoms with Crippen LogP contribution in [0.5, 0.6) is 0 Å². The number of fused-ring (bicyclic) bond motifs is 1. The van der Waals surface area contributed by atoms with E-state index in [2.05, 4.69) is 6.92 Å². The zero-order chi connectivity index (χ0) is 24.2. The van der Waals surface area contributed by atoms with Gasteiger partial charge in [0.05, 0.1) is 0 Å². The van der Waals surface area contributed by atoms with Gasteiger partial charge in [-0.3, -0.25) is 13.9 Å². The summed E-state index contributed by atoms with van der Waals surface area (Å²) in [6.07, 6.45) is 3.82. The Labute approximate surface area is 208 Å². The van der Waals surface area contributed by atoms with E-state index in [-0.39, 0.29) is 11.2 Å². The van der Waals surface area contributed by atoms with Gasteiger partial charge >= 0.3 is 5.69 Å². The SMILES string of the molecule is CCCCn1c(=O)c2c(Cc3ccc(Cl)cc3)c(-c3cccc(Cl)c3)oc2n(CCCC)c1=O. The van der Waals surface area contributed by atoms with Crippen molar-refractivity contribution in [2.45, 2.75) is 59.0 Å². The van der Waals surface area contributed by atoms with Crippen molar-refractivity contribution in [3.8, 4) is 11.3 Å². The Morgan fingerprint density at radius 2 is 1.53 bits per heavy atom. The molecule has 0 unspecified atom stereocenters. The summed E-state index contributed by atoms with van der Waals surface area (Å²) in [5.74, 6) is 0.558. The van der Waals surface area contributed by atoms with Crippen LogP contribution >= 0.6 is 23.2 Å². The normalized spacial score (nSPS) is 11.4. The van der Waals surface area contributed by atoms with Gasteiger partial charge in [0, 0.05) is 40.7 Å². The standard InChI is InChI=1S/C27H28Cl2N2O3/c1-3-5-14-30-25(32)23-22(16-18-10-12-20(28)13-11-18)24(19-8-7-9-21(29)17-19)34-26(23)31(27(30)33)15-6-4-2/h7-13,17H,3-6,14-16H2,1-2H3. The van der Waals surface area contributed by atoms with Crippen molar-refractivity contribution in [1.82, 2.24) is 9.13 Å². The first-order chi connectivity index (χ1) is 16.4. The Balaban J connectivity index is 2.04. The zero-order valence-electron chi connectivity index (χ0n) is 19.4. The monoisotopic (exact) mass is 498 g/mol. The lowest BCUT2D eigenvalue weighted by atomic mass is 9.99. The fraction of sp³-hybridized carbons (Fsp3) is 0.333. The van der Waals surface area contributed by atoms with Gasteiger partial charge in [0.25, 0.3) is 5.56 Å². The minimum Gasteiger partial charge on any atom is -0.439 e. The van der Waals surface area contributed by atoms with Crippen molar-refractivity contribution < 1.29 is 4.42 Å². The molecule has 0 radical (unpaired) electrons. The lowest BCUT2D eigenvalue weighted by Gasteiger charge is -2.11. The van der Waals surface area contributed by atoms with E-state index in [1.54, 1.807) is 10.6 Å². The minimum absolute atomic E-state index is 0.304. The van der Waals surface area contributed by atoms with Crippen LogP contribution in [0.3, 0.4) is 0 Å². The highest BCUT2D eigenvalue weighted by Crippen LogP contribution is 2.34. The van der Waals surface area contributed by atoms with Gasteiger partial charge in [-0.25, -0.2) is 4.79 Å². The molecule has 34 heavy (non-hydrogen) atoms. The van der Waals surface area contributed by atoms with Gasteiger partial charge in [0.1, 0.15) is 11.1 Å². The summed E-state index contributed by atoms with van der Waals surface area (Å²) < 4.78 is 9.34. The van der Waals surface area contributed by atoms with Gasteiger partial charge in [-0.05, 0) is 42.7 Å². The van der Waals surface area contributed by atoms with E-state index in [0.29, 0.717) is 46.4 Å². The van der Waals surface area contributed by atoms with Gasteiger partial charge in [-0.2, -0.15) is 0 Å².